The number of hydrogen-bond acceptors (Lipinski definition) is 4. The lowest BCUT2D eigenvalue weighted by Gasteiger charge is -2.11. The number of nitrogens with zero attached hydrogens (tertiary/aromatic N) is 2. The number of ether oxygens (including phenoxy) is 1. The quantitative estimate of drug-likeness (QED) is 0.633. The van der Waals surface area contributed by atoms with Crippen LogP contribution in [0.15, 0.2) is 24.3 Å². The molecule has 2 aromatic rings. The number of imidazole rings is 1. The van der Waals surface area contributed by atoms with Crippen LogP contribution in [-0.4, -0.2) is 41.1 Å². The molecule has 1 aromatic heterocycles. The predicted octanol–water partition coefficient (Wildman–Crippen LogP) is 1.85. The highest BCUT2D eigenvalue weighted by Crippen LogP contribution is 2.16. The Morgan fingerprint density at radius 2 is 2.00 bits per heavy atom. The summed E-state index contributed by atoms with van der Waals surface area (Å²) in [4.78, 5) is 28.7. The Morgan fingerprint density at radius 1 is 1.23 bits per heavy atom. The van der Waals surface area contributed by atoms with Crippen LogP contribution in [0.25, 0.3) is 11.0 Å². The zero-order chi connectivity index (χ0) is 18.9. The number of amides is 2. The maximum absolute atomic E-state index is 12.3. The van der Waals surface area contributed by atoms with Crippen LogP contribution in [0.2, 0.25) is 0 Å². The lowest BCUT2D eigenvalue weighted by Crippen LogP contribution is -2.32. The van der Waals surface area contributed by atoms with Gasteiger partial charge < -0.3 is 19.9 Å². The van der Waals surface area contributed by atoms with Crippen molar-refractivity contribution in [1.29, 1.82) is 0 Å². The minimum atomic E-state index is -0.0959. The van der Waals surface area contributed by atoms with E-state index in [1.807, 2.05) is 49.6 Å². The highest BCUT2D eigenvalue weighted by atomic mass is 16.5. The molecule has 0 bridgehead atoms. The van der Waals surface area contributed by atoms with Crippen molar-refractivity contribution in [2.45, 2.75) is 40.3 Å². The average molecular weight is 360 g/mol. The molecule has 0 spiro atoms. The summed E-state index contributed by atoms with van der Waals surface area (Å²) in [5.74, 6) is 0.455. The Bertz CT molecular complexity index is 739. The van der Waals surface area contributed by atoms with Crippen LogP contribution < -0.4 is 10.6 Å². The van der Waals surface area contributed by atoms with Crippen molar-refractivity contribution < 1.29 is 14.3 Å². The van der Waals surface area contributed by atoms with Crippen LogP contribution in [0.1, 0.15) is 33.0 Å². The standard InChI is InChI=1S/C19H28N4O3/c1-4-26-11-7-10-20-18(24)13-23-16-9-6-5-8-15(16)22-17(23)12-21-19(25)14(2)3/h5-6,8-9,14H,4,7,10-13H2,1-3H3,(H,20,24)(H,21,25). The first kappa shape index (κ1) is 19.9. The Morgan fingerprint density at radius 3 is 2.73 bits per heavy atom. The summed E-state index contributed by atoms with van der Waals surface area (Å²) in [6.45, 7) is 7.98. The lowest BCUT2D eigenvalue weighted by atomic mass is 10.2. The topological polar surface area (TPSA) is 85.2 Å². The van der Waals surface area contributed by atoms with Gasteiger partial charge in [-0.3, -0.25) is 9.59 Å². The Kier molecular flexibility index (Phi) is 7.59. The summed E-state index contributed by atoms with van der Waals surface area (Å²) in [6, 6.07) is 7.65. The van der Waals surface area contributed by atoms with E-state index in [-0.39, 0.29) is 24.3 Å². The molecule has 26 heavy (non-hydrogen) atoms. The summed E-state index contributed by atoms with van der Waals surface area (Å²) in [5.41, 5.74) is 1.69. The van der Waals surface area contributed by atoms with Gasteiger partial charge in [0.1, 0.15) is 12.4 Å². The second-order valence-corrected chi connectivity index (χ2v) is 6.38. The monoisotopic (exact) mass is 360 g/mol. The molecule has 0 aliphatic rings. The fraction of sp³-hybridized carbons (Fsp3) is 0.526. The van der Waals surface area contributed by atoms with Crippen molar-refractivity contribution in [3.8, 4) is 0 Å². The number of hydrogen-bond donors (Lipinski definition) is 2. The number of aromatic nitrogens is 2. The molecule has 0 aliphatic carbocycles. The first-order chi connectivity index (χ1) is 12.5. The fourth-order valence-corrected chi connectivity index (χ4v) is 2.55. The van der Waals surface area contributed by atoms with Crippen LogP contribution >= 0.6 is 0 Å². The molecule has 7 heteroatoms. The van der Waals surface area contributed by atoms with Crippen molar-refractivity contribution in [3.05, 3.63) is 30.1 Å². The minimum Gasteiger partial charge on any atom is -0.382 e. The smallest absolute Gasteiger partial charge is 0.240 e. The summed E-state index contributed by atoms with van der Waals surface area (Å²) < 4.78 is 7.12. The van der Waals surface area contributed by atoms with Gasteiger partial charge in [0.15, 0.2) is 0 Å². The summed E-state index contributed by atoms with van der Waals surface area (Å²) >= 11 is 0. The van der Waals surface area contributed by atoms with Crippen molar-refractivity contribution in [1.82, 2.24) is 20.2 Å². The van der Waals surface area contributed by atoms with Gasteiger partial charge in [-0.05, 0) is 25.5 Å². The first-order valence-corrected chi connectivity index (χ1v) is 9.09. The van der Waals surface area contributed by atoms with E-state index in [0.717, 1.165) is 17.5 Å². The van der Waals surface area contributed by atoms with E-state index in [1.165, 1.54) is 0 Å². The third kappa shape index (κ3) is 5.56. The van der Waals surface area contributed by atoms with Crippen LogP contribution in [0, 0.1) is 5.92 Å². The van der Waals surface area contributed by atoms with Crippen molar-refractivity contribution >= 4 is 22.8 Å². The number of benzene rings is 1. The zero-order valence-corrected chi connectivity index (χ0v) is 15.7. The largest absolute Gasteiger partial charge is 0.382 e. The second-order valence-electron chi connectivity index (χ2n) is 6.38. The molecule has 1 aromatic carbocycles. The highest BCUT2D eigenvalue weighted by Gasteiger charge is 2.15. The molecule has 0 aliphatic heterocycles. The van der Waals surface area contributed by atoms with E-state index in [2.05, 4.69) is 15.6 Å². The van der Waals surface area contributed by atoms with Crippen molar-refractivity contribution in [3.63, 3.8) is 0 Å². The molecule has 0 saturated heterocycles. The predicted molar refractivity (Wildman–Crippen MR) is 101 cm³/mol. The molecule has 1 heterocycles. The van der Waals surface area contributed by atoms with Gasteiger partial charge in [0, 0.05) is 25.7 Å². The van der Waals surface area contributed by atoms with Gasteiger partial charge in [-0.1, -0.05) is 26.0 Å². The van der Waals surface area contributed by atoms with E-state index in [0.29, 0.717) is 32.1 Å². The normalized spacial score (nSPS) is 11.1. The molecule has 2 N–H and O–H groups in total. The maximum Gasteiger partial charge on any atom is 0.240 e. The number of carbonyl (C=O) groups excluding carboxylic acids is 2. The molecule has 0 unspecified atom stereocenters. The molecule has 0 atom stereocenters. The zero-order valence-electron chi connectivity index (χ0n) is 15.7. The molecular weight excluding hydrogens is 332 g/mol. The van der Waals surface area contributed by atoms with Gasteiger partial charge in [-0.15, -0.1) is 0 Å². The summed E-state index contributed by atoms with van der Waals surface area (Å²) in [5, 5.41) is 5.77. The summed E-state index contributed by atoms with van der Waals surface area (Å²) in [6.07, 6.45) is 0.779. The van der Waals surface area contributed by atoms with Gasteiger partial charge >= 0.3 is 0 Å². The first-order valence-electron chi connectivity index (χ1n) is 9.09. The van der Waals surface area contributed by atoms with E-state index in [4.69, 9.17) is 4.74 Å². The second kappa shape index (κ2) is 9.91. The fourth-order valence-electron chi connectivity index (χ4n) is 2.55. The molecular formula is C19H28N4O3. The van der Waals surface area contributed by atoms with Crippen LogP contribution in [-0.2, 0) is 27.4 Å². The van der Waals surface area contributed by atoms with Gasteiger partial charge in [-0.2, -0.15) is 0 Å². The lowest BCUT2D eigenvalue weighted by molar-refractivity contribution is -0.124. The van der Waals surface area contributed by atoms with Gasteiger partial charge in [0.05, 0.1) is 17.6 Å². The van der Waals surface area contributed by atoms with E-state index in [9.17, 15) is 9.59 Å². The summed E-state index contributed by atoms with van der Waals surface area (Å²) in [7, 11) is 0. The SMILES string of the molecule is CCOCCCNC(=O)Cn1c(CNC(=O)C(C)C)nc2ccccc21. The van der Waals surface area contributed by atoms with Gasteiger partial charge in [-0.25, -0.2) is 4.98 Å². The Labute approximate surface area is 154 Å². The number of para-hydroxylation sites is 2. The molecule has 0 radical (unpaired) electrons. The maximum atomic E-state index is 12.3. The number of nitrogens with one attached hydrogen (secondary N) is 2. The van der Waals surface area contributed by atoms with Gasteiger partial charge in [0.2, 0.25) is 11.8 Å². The van der Waals surface area contributed by atoms with Crippen molar-refractivity contribution in [2.75, 3.05) is 19.8 Å². The van der Waals surface area contributed by atoms with E-state index < -0.39 is 0 Å². The highest BCUT2D eigenvalue weighted by molar-refractivity contribution is 5.81. The molecule has 7 nitrogen and oxygen atoms in total. The van der Waals surface area contributed by atoms with Crippen LogP contribution in [0.5, 0.6) is 0 Å². The van der Waals surface area contributed by atoms with Gasteiger partial charge in [0.25, 0.3) is 0 Å². The van der Waals surface area contributed by atoms with Crippen molar-refractivity contribution in [2.24, 2.45) is 5.92 Å². The molecule has 2 rings (SSSR count). The molecule has 2 amide bonds. The number of carbonyl (C=O) groups is 2. The molecule has 142 valence electrons. The molecule has 0 fully saturated rings. The number of fused-ring (bicyclic) bond motifs is 1. The van der Waals surface area contributed by atoms with E-state index in [1.54, 1.807) is 0 Å². The van der Waals surface area contributed by atoms with Crippen LogP contribution in [0.4, 0.5) is 0 Å². The van der Waals surface area contributed by atoms with Crippen LogP contribution in [0.3, 0.4) is 0 Å². The third-order valence-electron chi connectivity index (χ3n) is 3.97. The van der Waals surface area contributed by atoms with E-state index >= 15 is 0 Å². The Balaban J connectivity index is 2.05. The number of rotatable bonds is 10. The average Bonchev–Trinajstić information content (AvgIpc) is 2.97. The minimum absolute atomic E-state index is 0.0380. The molecule has 0 saturated carbocycles. The third-order valence-corrected chi connectivity index (χ3v) is 3.97. The Hall–Kier alpha value is -2.41.